The van der Waals surface area contributed by atoms with Gasteiger partial charge in [0.2, 0.25) is 5.91 Å². The molecular formula is C28H37N5OS. The van der Waals surface area contributed by atoms with Gasteiger partial charge in [0.25, 0.3) is 0 Å². The summed E-state index contributed by atoms with van der Waals surface area (Å²) in [7, 11) is 0. The van der Waals surface area contributed by atoms with Crippen LogP contribution in [0.3, 0.4) is 0 Å². The number of benzene rings is 2. The molecule has 5 rings (SSSR count). The lowest BCUT2D eigenvalue weighted by Crippen LogP contribution is -2.46. The fourth-order valence-corrected chi connectivity index (χ4v) is 6.10. The summed E-state index contributed by atoms with van der Waals surface area (Å²) in [5.74, 6) is 1.41. The molecule has 0 aliphatic carbocycles. The average molecular weight is 492 g/mol. The number of anilines is 1. The summed E-state index contributed by atoms with van der Waals surface area (Å²) in [5, 5.41) is 1.29. The highest BCUT2D eigenvalue weighted by molar-refractivity contribution is 7.13. The topological polar surface area (TPSA) is 42.9 Å². The van der Waals surface area contributed by atoms with Crippen molar-refractivity contribution in [2.24, 2.45) is 0 Å². The molecule has 0 atom stereocenters. The Bertz CT molecular complexity index is 1150. The smallest absolute Gasteiger partial charge is 0.237 e. The minimum Gasteiger partial charge on any atom is -0.353 e. The fraction of sp³-hybridized carbons (Fsp3) is 0.500. The molecule has 0 unspecified atom stereocenters. The number of aromatic nitrogens is 1. The molecule has 186 valence electrons. The van der Waals surface area contributed by atoms with Crippen LogP contribution in [0.15, 0.2) is 42.5 Å². The van der Waals surface area contributed by atoms with Crippen molar-refractivity contribution in [1.82, 2.24) is 19.1 Å². The molecule has 6 nitrogen and oxygen atoms in total. The van der Waals surface area contributed by atoms with Gasteiger partial charge in [-0.05, 0) is 72.8 Å². The van der Waals surface area contributed by atoms with Gasteiger partial charge in [-0.25, -0.2) is 0 Å². The van der Waals surface area contributed by atoms with E-state index in [0.29, 0.717) is 6.54 Å². The number of amides is 1. The first-order valence-corrected chi connectivity index (χ1v) is 13.8. The van der Waals surface area contributed by atoms with Crippen molar-refractivity contribution in [3.63, 3.8) is 0 Å². The molecule has 0 radical (unpaired) electrons. The number of aryl methyl sites for hydroxylation is 1. The molecule has 1 aromatic heterocycles. The van der Waals surface area contributed by atoms with E-state index in [4.69, 9.17) is 4.37 Å². The van der Waals surface area contributed by atoms with Crippen LogP contribution in [0.5, 0.6) is 0 Å². The first-order valence-electron chi connectivity index (χ1n) is 13.1. The van der Waals surface area contributed by atoms with Gasteiger partial charge < -0.3 is 9.80 Å². The number of hydrogen-bond acceptors (Lipinski definition) is 6. The zero-order valence-corrected chi connectivity index (χ0v) is 21.9. The zero-order valence-electron chi connectivity index (χ0n) is 21.1. The number of nitrogens with zero attached hydrogens (tertiary/aromatic N) is 5. The molecule has 2 aliphatic rings. The van der Waals surface area contributed by atoms with Crippen LogP contribution in [-0.4, -0.2) is 77.3 Å². The summed E-state index contributed by atoms with van der Waals surface area (Å²) in [5.41, 5.74) is 4.04. The number of hydrogen-bond donors (Lipinski definition) is 0. The third kappa shape index (κ3) is 5.52. The van der Waals surface area contributed by atoms with Crippen LogP contribution in [0, 0.1) is 0 Å². The van der Waals surface area contributed by atoms with E-state index in [1.807, 2.05) is 4.90 Å². The van der Waals surface area contributed by atoms with E-state index in [1.54, 1.807) is 11.5 Å². The van der Waals surface area contributed by atoms with Crippen LogP contribution in [0.25, 0.3) is 10.1 Å². The molecule has 1 amide bonds. The van der Waals surface area contributed by atoms with Gasteiger partial charge in [0.05, 0.1) is 11.2 Å². The summed E-state index contributed by atoms with van der Waals surface area (Å²) in [6.07, 6.45) is 2.26. The maximum Gasteiger partial charge on any atom is 0.237 e. The molecule has 0 bridgehead atoms. The highest BCUT2D eigenvalue weighted by Crippen LogP contribution is 2.30. The molecule has 2 aliphatic heterocycles. The van der Waals surface area contributed by atoms with Gasteiger partial charge in [-0.15, -0.1) is 0 Å². The van der Waals surface area contributed by atoms with Crippen LogP contribution in [0.4, 0.5) is 5.82 Å². The van der Waals surface area contributed by atoms with Gasteiger partial charge in [0.15, 0.2) is 0 Å². The maximum atomic E-state index is 12.7. The van der Waals surface area contributed by atoms with Gasteiger partial charge in [0.1, 0.15) is 5.82 Å². The quantitative estimate of drug-likeness (QED) is 0.448. The number of fused-ring (bicyclic) bond motifs is 2. The standard InChI is InChI=1S/C28H37N5OS/c1-3-30(4-2)21-27(34)33-19-23-12-11-22(18-24(23)20-33)8-7-13-31-14-16-32(17-15-31)28-25-9-5-6-10-26(25)35-29-28/h5-6,9-12,18H,3-4,7-8,13-17,19-21H2,1-2H3. The first kappa shape index (κ1) is 24.2. The van der Waals surface area contributed by atoms with Crippen LogP contribution in [-0.2, 0) is 24.3 Å². The number of rotatable bonds is 9. The van der Waals surface area contributed by atoms with Crippen molar-refractivity contribution in [3.05, 3.63) is 59.2 Å². The minimum atomic E-state index is 0.247. The molecule has 0 spiro atoms. The lowest BCUT2D eigenvalue weighted by Gasteiger charge is -2.35. The van der Waals surface area contributed by atoms with Crippen molar-refractivity contribution in [1.29, 1.82) is 0 Å². The average Bonchev–Trinajstić information content (AvgIpc) is 3.52. The molecule has 1 saturated heterocycles. The molecule has 0 N–H and O–H groups in total. The van der Waals surface area contributed by atoms with E-state index in [9.17, 15) is 4.79 Å². The zero-order chi connectivity index (χ0) is 24.2. The molecular weight excluding hydrogens is 454 g/mol. The summed E-state index contributed by atoms with van der Waals surface area (Å²) in [6, 6.07) is 15.4. The minimum absolute atomic E-state index is 0.247. The molecule has 3 aromatic rings. The largest absolute Gasteiger partial charge is 0.353 e. The Morgan fingerprint density at radius 3 is 2.57 bits per heavy atom. The maximum absolute atomic E-state index is 12.7. The second kappa shape index (κ2) is 11.1. The third-order valence-corrected chi connectivity index (χ3v) is 8.39. The summed E-state index contributed by atoms with van der Waals surface area (Å²) in [6.45, 7) is 13.5. The van der Waals surface area contributed by atoms with E-state index in [2.05, 4.69) is 71.0 Å². The number of carbonyl (C=O) groups is 1. The Balaban J connectivity index is 1.07. The summed E-state index contributed by atoms with van der Waals surface area (Å²) < 4.78 is 6.01. The van der Waals surface area contributed by atoms with Gasteiger partial charge in [-0.1, -0.05) is 44.2 Å². The van der Waals surface area contributed by atoms with Crippen LogP contribution in [0.1, 0.15) is 37.0 Å². The number of likely N-dealkylation sites (N-methyl/N-ethyl adjacent to an activating group) is 1. The van der Waals surface area contributed by atoms with E-state index in [1.165, 1.54) is 33.2 Å². The molecule has 2 aromatic carbocycles. The van der Waals surface area contributed by atoms with Gasteiger partial charge >= 0.3 is 0 Å². The van der Waals surface area contributed by atoms with Crippen molar-refractivity contribution >= 4 is 33.3 Å². The Kier molecular flexibility index (Phi) is 7.66. The predicted octanol–water partition coefficient (Wildman–Crippen LogP) is 4.24. The highest BCUT2D eigenvalue weighted by atomic mass is 32.1. The van der Waals surface area contributed by atoms with E-state index in [0.717, 1.165) is 71.1 Å². The second-order valence-electron chi connectivity index (χ2n) is 9.75. The normalized spacial score (nSPS) is 16.4. The molecule has 7 heteroatoms. The third-order valence-electron chi connectivity index (χ3n) is 7.57. The van der Waals surface area contributed by atoms with E-state index in [-0.39, 0.29) is 5.91 Å². The van der Waals surface area contributed by atoms with Crippen LogP contribution in [0.2, 0.25) is 0 Å². The highest BCUT2D eigenvalue weighted by Gasteiger charge is 2.24. The first-order chi connectivity index (χ1) is 17.1. The van der Waals surface area contributed by atoms with Crippen LogP contribution >= 0.6 is 11.5 Å². The van der Waals surface area contributed by atoms with Gasteiger partial charge in [-0.2, -0.15) is 4.37 Å². The van der Waals surface area contributed by atoms with E-state index < -0.39 is 0 Å². The summed E-state index contributed by atoms with van der Waals surface area (Å²) >= 11 is 1.61. The fourth-order valence-electron chi connectivity index (χ4n) is 5.31. The van der Waals surface area contributed by atoms with Crippen molar-refractivity contribution in [2.75, 3.05) is 57.3 Å². The number of piperazine rings is 1. The molecule has 35 heavy (non-hydrogen) atoms. The monoisotopic (exact) mass is 491 g/mol. The SMILES string of the molecule is CCN(CC)CC(=O)N1Cc2ccc(CCCN3CCN(c4nsc5ccccc45)CC3)cc2C1. The van der Waals surface area contributed by atoms with Crippen molar-refractivity contribution < 1.29 is 4.79 Å². The molecule has 0 saturated carbocycles. The molecule has 3 heterocycles. The van der Waals surface area contributed by atoms with Gasteiger partial charge in [-0.3, -0.25) is 14.6 Å². The van der Waals surface area contributed by atoms with Crippen molar-refractivity contribution in [2.45, 2.75) is 39.8 Å². The van der Waals surface area contributed by atoms with Gasteiger partial charge in [0, 0.05) is 44.7 Å². The molecule has 1 fully saturated rings. The van der Waals surface area contributed by atoms with E-state index >= 15 is 0 Å². The Hall–Kier alpha value is -2.48. The van der Waals surface area contributed by atoms with Crippen LogP contribution < -0.4 is 4.90 Å². The van der Waals surface area contributed by atoms with Crippen molar-refractivity contribution in [3.8, 4) is 0 Å². The lowest BCUT2D eigenvalue weighted by molar-refractivity contribution is -0.133. The second-order valence-corrected chi connectivity index (χ2v) is 10.6. The number of carbonyl (C=O) groups excluding carboxylic acids is 1. The lowest BCUT2D eigenvalue weighted by atomic mass is 10.0. The summed E-state index contributed by atoms with van der Waals surface area (Å²) in [4.78, 5) is 21.9. The Morgan fingerprint density at radius 1 is 1.00 bits per heavy atom. The Labute approximate surface area is 213 Å². The predicted molar refractivity (Wildman–Crippen MR) is 145 cm³/mol. The Morgan fingerprint density at radius 2 is 1.77 bits per heavy atom.